The van der Waals surface area contributed by atoms with Crippen LogP contribution in [0, 0.1) is 0 Å². The molecule has 3 N–H and O–H groups in total. The van der Waals surface area contributed by atoms with E-state index in [1.807, 2.05) is 17.7 Å². The average Bonchev–Trinajstić information content (AvgIpc) is 2.67. The topological polar surface area (TPSA) is 65.1 Å². The van der Waals surface area contributed by atoms with E-state index in [-0.39, 0.29) is 6.04 Å². The lowest BCUT2D eigenvalue weighted by molar-refractivity contribution is 0.119. The Labute approximate surface area is 84.2 Å². The van der Waals surface area contributed by atoms with Crippen molar-refractivity contribution in [3.8, 4) is 0 Å². The van der Waals surface area contributed by atoms with Crippen LogP contribution in [-0.2, 0) is 11.3 Å². The maximum atomic E-state index is 5.45. The van der Waals surface area contributed by atoms with Gasteiger partial charge in [0.2, 0.25) is 0 Å². The van der Waals surface area contributed by atoms with Crippen LogP contribution in [0.2, 0.25) is 0 Å². The number of ether oxygens (including phenoxy) is 1. The molecule has 0 spiro atoms. The quantitative estimate of drug-likeness (QED) is 0.514. The third-order valence-corrected chi connectivity index (χ3v) is 2.09. The lowest BCUT2D eigenvalue weighted by atomic mass is 10.3. The Bertz CT molecular complexity index is 261. The number of rotatable bonds is 6. The number of imidazole rings is 1. The zero-order valence-electron chi connectivity index (χ0n) is 8.73. The highest BCUT2D eigenvalue weighted by atomic mass is 16.5. The van der Waals surface area contributed by atoms with E-state index in [2.05, 4.69) is 17.3 Å². The minimum absolute atomic E-state index is 0.0371. The molecule has 0 bridgehead atoms. The standard InChI is InChI=1S/C9H18N4O/c1-3-13-6-5-11-9(13)8(12-10)7-14-4-2/h5-6,8,12H,3-4,7,10H2,1-2H3. The Morgan fingerprint density at radius 2 is 2.43 bits per heavy atom. The first-order chi connectivity index (χ1) is 6.83. The molecule has 0 aromatic carbocycles. The predicted molar refractivity (Wildman–Crippen MR) is 54.5 cm³/mol. The summed E-state index contributed by atoms with van der Waals surface area (Å²) in [4.78, 5) is 4.25. The molecule has 5 heteroatoms. The summed E-state index contributed by atoms with van der Waals surface area (Å²) in [6.45, 7) is 6.15. The van der Waals surface area contributed by atoms with Gasteiger partial charge in [-0.1, -0.05) is 0 Å². The Hall–Kier alpha value is -0.910. The van der Waals surface area contributed by atoms with Crippen LogP contribution in [0.25, 0.3) is 0 Å². The molecular weight excluding hydrogens is 180 g/mol. The van der Waals surface area contributed by atoms with E-state index >= 15 is 0 Å². The number of hydrogen-bond acceptors (Lipinski definition) is 4. The molecule has 1 atom stereocenters. The fourth-order valence-corrected chi connectivity index (χ4v) is 1.33. The van der Waals surface area contributed by atoms with E-state index < -0.39 is 0 Å². The van der Waals surface area contributed by atoms with Crippen molar-refractivity contribution in [1.29, 1.82) is 0 Å². The third kappa shape index (κ3) is 2.54. The van der Waals surface area contributed by atoms with Crippen molar-refractivity contribution in [2.75, 3.05) is 13.2 Å². The number of nitrogens with one attached hydrogen (secondary N) is 1. The van der Waals surface area contributed by atoms with Gasteiger partial charge >= 0.3 is 0 Å². The normalized spacial score (nSPS) is 13.1. The van der Waals surface area contributed by atoms with Gasteiger partial charge in [0.15, 0.2) is 0 Å². The van der Waals surface area contributed by atoms with E-state index in [0.717, 1.165) is 12.4 Å². The van der Waals surface area contributed by atoms with Gasteiger partial charge < -0.3 is 9.30 Å². The van der Waals surface area contributed by atoms with Gasteiger partial charge in [-0.25, -0.2) is 10.4 Å². The summed E-state index contributed by atoms with van der Waals surface area (Å²) in [6, 6.07) is -0.0371. The number of aromatic nitrogens is 2. The molecule has 0 amide bonds. The summed E-state index contributed by atoms with van der Waals surface area (Å²) in [5.74, 6) is 6.36. The third-order valence-electron chi connectivity index (χ3n) is 2.09. The minimum Gasteiger partial charge on any atom is -0.380 e. The Balaban J connectivity index is 2.67. The van der Waals surface area contributed by atoms with Crippen LogP contribution in [0.3, 0.4) is 0 Å². The fourth-order valence-electron chi connectivity index (χ4n) is 1.33. The highest BCUT2D eigenvalue weighted by Gasteiger charge is 2.14. The number of nitrogens with two attached hydrogens (primary N) is 1. The molecule has 1 aromatic rings. The second kappa shape index (κ2) is 5.74. The number of hydrogen-bond donors (Lipinski definition) is 2. The molecule has 0 aliphatic heterocycles. The molecule has 0 fully saturated rings. The van der Waals surface area contributed by atoms with Crippen molar-refractivity contribution < 1.29 is 4.74 Å². The van der Waals surface area contributed by atoms with Crippen LogP contribution in [-0.4, -0.2) is 22.8 Å². The Morgan fingerprint density at radius 3 is 3.00 bits per heavy atom. The smallest absolute Gasteiger partial charge is 0.129 e. The first-order valence-electron chi connectivity index (χ1n) is 4.88. The summed E-state index contributed by atoms with van der Waals surface area (Å²) in [5, 5.41) is 0. The molecule has 0 aliphatic carbocycles. The van der Waals surface area contributed by atoms with E-state index in [4.69, 9.17) is 10.6 Å². The van der Waals surface area contributed by atoms with Gasteiger partial charge in [0.1, 0.15) is 11.9 Å². The fraction of sp³-hybridized carbons (Fsp3) is 0.667. The number of hydrazine groups is 1. The maximum absolute atomic E-state index is 5.45. The average molecular weight is 198 g/mol. The molecule has 1 rings (SSSR count). The monoisotopic (exact) mass is 198 g/mol. The molecule has 1 heterocycles. The van der Waals surface area contributed by atoms with Crippen LogP contribution in [0.1, 0.15) is 25.7 Å². The lowest BCUT2D eigenvalue weighted by Gasteiger charge is -2.16. The molecule has 1 unspecified atom stereocenters. The van der Waals surface area contributed by atoms with E-state index in [9.17, 15) is 0 Å². The molecular formula is C9H18N4O. The molecule has 1 aromatic heterocycles. The molecule has 14 heavy (non-hydrogen) atoms. The van der Waals surface area contributed by atoms with Crippen molar-refractivity contribution in [3.05, 3.63) is 18.2 Å². The predicted octanol–water partition coefficient (Wildman–Crippen LogP) is 0.444. The molecule has 0 aliphatic rings. The first kappa shape index (κ1) is 11.2. The summed E-state index contributed by atoms with van der Waals surface area (Å²) in [7, 11) is 0. The van der Waals surface area contributed by atoms with E-state index in [0.29, 0.717) is 13.2 Å². The van der Waals surface area contributed by atoms with Crippen molar-refractivity contribution in [2.45, 2.75) is 26.4 Å². The van der Waals surface area contributed by atoms with Gasteiger partial charge in [0.25, 0.3) is 0 Å². The van der Waals surface area contributed by atoms with Crippen LogP contribution < -0.4 is 11.3 Å². The Kier molecular flexibility index (Phi) is 4.58. The van der Waals surface area contributed by atoms with Crippen molar-refractivity contribution in [1.82, 2.24) is 15.0 Å². The van der Waals surface area contributed by atoms with Crippen LogP contribution in [0.5, 0.6) is 0 Å². The van der Waals surface area contributed by atoms with E-state index in [1.54, 1.807) is 6.20 Å². The molecule has 0 radical (unpaired) electrons. The summed E-state index contributed by atoms with van der Waals surface area (Å²) >= 11 is 0. The van der Waals surface area contributed by atoms with Crippen LogP contribution >= 0.6 is 0 Å². The first-order valence-corrected chi connectivity index (χ1v) is 4.88. The molecule has 0 saturated carbocycles. The second-order valence-electron chi connectivity index (χ2n) is 2.95. The SMILES string of the molecule is CCOCC(NN)c1nccn1CC. The zero-order valence-corrected chi connectivity index (χ0v) is 8.73. The van der Waals surface area contributed by atoms with Crippen molar-refractivity contribution in [2.24, 2.45) is 5.84 Å². The van der Waals surface area contributed by atoms with Gasteiger partial charge in [0, 0.05) is 25.5 Å². The minimum atomic E-state index is -0.0371. The summed E-state index contributed by atoms with van der Waals surface area (Å²) in [5.41, 5.74) is 2.71. The lowest BCUT2D eigenvalue weighted by Crippen LogP contribution is -2.33. The molecule has 80 valence electrons. The number of aryl methyl sites for hydroxylation is 1. The highest BCUT2D eigenvalue weighted by Crippen LogP contribution is 2.10. The van der Waals surface area contributed by atoms with Gasteiger partial charge in [0.05, 0.1) is 6.61 Å². The zero-order chi connectivity index (χ0) is 10.4. The summed E-state index contributed by atoms with van der Waals surface area (Å²) in [6.07, 6.45) is 3.71. The molecule has 0 saturated heterocycles. The van der Waals surface area contributed by atoms with Gasteiger partial charge in [-0.15, -0.1) is 0 Å². The largest absolute Gasteiger partial charge is 0.380 e. The summed E-state index contributed by atoms with van der Waals surface area (Å²) < 4.78 is 7.36. The number of nitrogens with zero attached hydrogens (tertiary/aromatic N) is 2. The van der Waals surface area contributed by atoms with Gasteiger partial charge in [-0.3, -0.25) is 5.84 Å². The van der Waals surface area contributed by atoms with Crippen molar-refractivity contribution >= 4 is 0 Å². The maximum Gasteiger partial charge on any atom is 0.129 e. The van der Waals surface area contributed by atoms with Gasteiger partial charge in [-0.2, -0.15) is 0 Å². The van der Waals surface area contributed by atoms with Crippen LogP contribution in [0.4, 0.5) is 0 Å². The Morgan fingerprint density at radius 1 is 1.64 bits per heavy atom. The van der Waals surface area contributed by atoms with E-state index in [1.165, 1.54) is 0 Å². The van der Waals surface area contributed by atoms with Crippen LogP contribution in [0.15, 0.2) is 12.4 Å². The van der Waals surface area contributed by atoms with Gasteiger partial charge in [-0.05, 0) is 13.8 Å². The van der Waals surface area contributed by atoms with Crippen molar-refractivity contribution in [3.63, 3.8) is 0 Å². The second-order valence-corrected chi connectivity index (χ2v) is 2.95. The highest BCUT2D eigenvalue weighted by molar-refractivity contribution is 4.98. The molecule has 5 nitrogen and oxygen atoms in total.